The van der Waals surface area contributed by atoms with Crippen molar-refractivity contribution >= 4 is 40.2 Å². The molecule has 0 spiro atoms. The predicted octanol–water partition coefficient (Wildman–Crippen LogP) is 4.18. The Morgan fingerprint density at radius 3 is 2.61 bits per heavy atom. The van der Waals surface area contributed by atoms with Gasteiger partial charge in [0.2, 0.25) is 5.91 Å². The van der Waals surface area contributed by atoms with Gasteiger partial charge in [-0.05, 0) is 61.7 Å². The number of carbonyl (C=O) groups excluding carboxylic acids is 2. The van der Waals surface area contributed by atoms with Gasteiger partial charge in [0.15, 0.2) is 0 Å². The van der Waals surface area contributed by atoms with Crippen LogP contribution in [0.15, 0.2) is 54.7 Å². The van der Waals surface area contributed by atoms with E-state index in [1.165, 1.54) is 16.5 Å². The highest BCUT2D eigenvalue weighted by Gasteiger charge is 2.24. The van der Waals surface area contributed by atoms with Crippen molar-refractivity contribution in [3.05, 3.63) is 65.9 Å². The second kappa shape index (κ2) is 10.0. The number of benzene rings is 2. The Morgan fingerprint density at radius 2 is 1.79 bits per heavy atom. The Hall–Kier alpha value is -2.77. The van der Waals surface area contributed by atoms with E-state index in [0.29, 0.717) is 23.7 Å². The van der Waals surface area contributed by atoms with Crippen LogP contribution >= 0.6 is 11.8 Å². The monoisotopic (exact) mass is 462 g/mol. The zero-order valence-corrected chi connectivity index (χ0v) is 19.6. The third-order valence-corrected chi connectivity index (χ3v) is 7.65. The van der Waals surface area contributed by atoms with Gasteiger partial charge in [-0.1, -0.05) is 24.3 Å². The standard InChI is InChI=1S/C26H30N4O2S/c31-25(28-21-5-3-4-20(16-21)26(32)30-12-14-33-15-13-30)18-29-10-8-19(9-11-29)23-17-27-24-7-2-1-6-22(23)24/h1-7,16-17,19,27H,8-15,18H2,(H,28,31). The first-order chi connectivity index (χ1) is 16.2. The minimum Gasteiger partial charge on any atom is -0.361 e. The van der Waals surface area contributed by atoms with Crippen molar-refractivity contribution in [3.63, 3.8) is 0 Å². The van der Waals surface area contributed by atoms with Crippen LogP contribution in [0.4, 0.5) is 5.69 Å². The van der Waals surface area contributed by atoms with Gasteiger partial charge in [-0.2, -0.15) is 11.8 Å². The van der Waals surface area contributed by atoms with Gasteiger partial charge in [0, 0.05) is 52.9 Å². The molecule has 0 saturated carbocycles. The molecule has 1 aromatic heterocycles. The van der Waals surface area contributed by atoms with Crippen LogP contribution in [0.25, 0.3) is 10.9 Å². The summed E-state index contributed by atoms with van der Waals surface area (Å²) in [7, 11) is 0. The highest BCUT2D eigenvalue weighted by Crippen LogP contribution is 2.33. The molecule has 2 N–H and O–H groups in total. The Bertz CT molecular complexity index is 1130. The zero-order chi connectivity index (χ0) is 22.6. The van der Waals surface area contributed by atoms with E-state index in [0.717, 1.165) is 50.5 Å². The van der Waals surface area contributed by atoms with Crippen molar-refractivity contribution in [2.24, 2.45) is 0 Å². The van der Waals surface area contributed by atoms with E-state index < -0.39 is 0 Å². The van der Waals surface area contributed by atoms with Gasteiger partial charge in [-0.25, -0.2) is 0 Å². The molecule has 6 nitrogen and oxygen atoms in total. The Morgan fingerprint density at radius 1 is 1.00 bits per heavy atom. The van der Waals surface area contributed by atoms with Crippen molar-refractivity contribution in [2.45, 2.75) is 18.8 Å². The summed E-state index contributed by atoms with van der Waals surface area (Å²) >= 11 is 1.88. The molecule has 7 heteroatoms. The van der Waals surface area contributed by atoms with Crippen molar-refractivity contribution in [1.29, 1.82) is 0 Å². The number of aromatic nitrogens is 1. The molecule has 3 heterocycles. The molecule has 2 amide bonds. The van der Waals surface area contributed by atoms with Crippen LogP contribution in [0, 0.1) is 0 Å². The Balaban J connectivity index is 1.14. The molecule has 0 bridgehead atoms. The van der Waals surface area contributed by atoms with E-state index in [4.69, 9.17) is 0 Å². The number of nitrogens with zero attached hydrogens (tertiary/aromatic N) is 2. The van der Waals surface area contributed by atoms with Crippen molar-refractivity contribution in [3.8, 4) is 0 Å². The first-order valence-corrected chi connectivity index (χ1v) is 12.9. The molecule has 0 atom stereocenters. The molecule has 2 aromatic carbocycles. The summed E-state index contributed by atoms with van der Waals surface area (Å²) in [6, 6.07) is 15.8. The molecule has 33 heavy (non-hydrogen) atoms. The average molecular weight is 463 g/mol. The molecular weight excluding hydrogens is 432 g/mol. The lowest BCUT2D eigenvalue weighted by atomic mass is 9.89. The summed E-state index contributed by atoms with van der Waals surface area (Å²) < 4.78 is 0. The van der Waals surface area contributed by atoms with E-state index >= 15 is 0 Å². The summed E-state index contributed by atoms with van der Waals surface area (Å²) in [5.74, 6) is 2.51. The van der Waals surface area contributed by atoms with Gasteiger partial charge in [0.05, 0.1) is 6.54 Å². The van der Waals surface area contributed by atoms with Gasteiger partial charge >= 0.3 is 0 Å². The molecule has 172 valence electrons. The largest absolute Gasteiger partial charge is 0.361 e. The van der Waals surface area contributed by atoms with Gasteiger partial charge < -0.3 is 15.2 Å². The Kier molecular flexibility index (Phi) is 6.69. The zero-order valence-electron chi connectivity index (χ0n) is 18.8. The lowest BCUT2D eigenvalue weighted by molar-refractivity contribution is -0.117. The SMILES string of the molecule is O=C(CN1CCC(c2c[nH]c3ccccc23)CC1)Nc1cccc(C(=O)N2CCSCC2)c1. The number of rotatable bonds is 5. The maximum Gasteiger partial charge on any atom is 0.253 e. The van der Waals surface area contributed by atoms with Crippen LogP contribution in [-0.4, -0.2) is 70.8 Å². The number of aromatic amines is 1. The molecule has 2 saturated heterocycles. The number of likely N-dealkylation sites (tertiary alicyclic amines) is 1. The molecule has 0 aliphatic carbocycles. The fourth-order valence-electron chi connectivity index (χ4n) is 4.92. The normalized spacial score (nSPS) is 17.9. The van der Waals surface area contributed by atoms with Crippen LogP contribution in [0.1, 0.15) is 34.7 Å². The van der Waals surface area contributed by atoms with Gasteiger partial charge in [-0.3, -0.25) is 14.5 Å². The van der Waals surface area contributed by atoms with E-state index in [-0.39, 0.29) is 11.8 Å². The fourth-order valence-corrected chi connectivity index (χ4v) is 5.82. The van der Waals surface area contributed by atoms with E-state index in [2.05, 4.69) is 45.7 Å². The fraction of sp³-hybridized carbons (Fsp3) is 0.385. The lowest BCUT2D eigenvalue weighted by Crippen LogP contribution is -2.39. The lowest BCUT2D eigenvalue weighted by Gasteiger charge is -2.31. The number of H-pyrrole nitrogens is 1. The Labute approximate surface area is 198 Å². The van der Waals surface area contributed by atoms with E-state index in [9.17, 15) is 9.59 Å². The summed E-state index contributed by atoms with van der Waals surface area (Å²) in [5.41, 5.74) is 3.91. The van der Waals surface area contributed by atoms with Crippen LogP contribution in [-0.2, 0) is 4.79 Å². The van der Waals surface area contributed by atoms with Crippen LogP contribution in [0.3, 0.4) is 0 Å². The topological polar surface area (TPSA) is 68.4 Å². The van der Waals surface area contributed by atoms with Crippen molar-refractivity contribution in [1.82, 2.24) is 14.8 Å². The number of hydrogen-bond donors (Lipinski definition) is 2. The molecule has 0 unspecified atom stereocenters. The molecule has 0 radical (unpaired) electrons. The second-order valence-electron chi connectivity index (χ2n) is 8.87. The first-order valence-electron chi connectivity index (χ1n) is 11.7. The highest BCUT2D eigenvalue weighted by molar-refractivity contribution is 7.99. The smallest absolute Gasteiger partial charge is 0.253 e. The summed E-state index contributed by atoms with van der Waals surface area (Å²) in [5, 5.41) is 4.30. The molecule has 2 fully saturated rings. The van der Waals surface area contributed by atoms with Crippen LogP contribution < -0.4 is 5.32 Å². The predicted molar refractivity (Wildman–Crippen MR) is 135 cm³/mol. The number of amides is 2. The van der Waals surface area contributed by atoms with Gasteiger partial charge in [0.25, 0.3) is 5.91 Å². The molecule has 2 aliphatic heterocycles. The van der Waals surface area contributed by atoms with E-state index in [1.807, 2.05) is 34.9 Å². The number of piperidine rings is 1. The minimum atomic E-state index is -0.0282. The number of thioether (sulfide) groups is 1. The highest BCUT2D eigenvalue weighted by atomic mass is 32.2. The maximum atomic E-state index is 12.8. The van der Waals surface area contributed by atoms with Crippen LogP contribution in [0.2, 0.25) is 0 Å². The summed E-state index contributed by atoms with van der Waals surface area (Å²) in [4.78, 5) is 33.0. The maximum absolute atomic E-state index is 12.8. The quantitative estimate of drug-likeness (QED) is 0.597. The number of para-hydroxylation sites is 1. The first kappa shape index (κ1) is 22.0. The summed E-state index contributed by atoms with van der Waals surface area (Å²) in [6.45, 7) is 3.76. The van der Waals surface area contributed by atoms with Crippen LogP contribution in [0.5, 0.6) is 0 Å². The number of nitrogens with one attached hydrogen (secondary N) is 2. The summed E-state index contributed by atoms with van der Waals surface area (Å²) in [6.07, 6.45) is 4.25. The van der Waals surface area contributed by atoms with Gasteiger partial charge in [0.1, 0.15) is 0 Å². The van der Waals surface area contributed by atoms with Crippen molar-refractivity contribution in [2.75, 3.05) is 49.5 Å². The third-order valence-electron chi connectivity index (χ3n) is 6.71. The number of anilines is 1. The number of fused-ring (bicyclic) bond motifs is 1. The number of carbonyl (C=O) groups is 2. The van der Waals surface area contributed by atoms with E-state index in [1.54, 1.807) is 6.07 Å². The molecule has 2 aliphatic rings. The van der Waals surface area contributed by atoms with Gasteiger partial charge in [-0.15, -0.1) is 0 Å². The number of hydrogen-bond acceptors (Lipinski definition) is 4. The molecule has 5 rings (SSSR count). The minimum absolute atomic E-state index is 0.0282. The van der Waals surface area contributed by atoms with Crippen molar-refractivity contribution < 1.29 is 9.59 Å². The molecular formula is C26H30N4O2S. The second-order valence-corrected chi connectivity index (χ2v) is 10.1. The molecule has 3 aromatic rings. The third kappa shape index (κ3) is 5.09. The average Bonchev–Trinajstić information content (AvgIpc) is 3.29.